The van der Waals surface area contributed by atoms with Gasteiger partial charge in [0.05, 0.1) is 24.2 Å². The van der Waals surface area contributed by atoms with Crippen molar-refractivity contribution in [1.29, 1.82) is 0 Å². The van der Waals surface area contributed by atoms with Gasteiger partial charge >= 0.3 is 0 Å². The molecule has 0 saturated heterocycles. The van der Waals surface area contributed by atoms with Crippen molar-refractivity contribution in [2.24, 2.45) is 0 Å². The number of unbranched alkanes of at least 4 members (excludes halogenated alkanes) is 1. The maximum atomic E-state index is 12.6. The Bertz CT molecular complexity index is 1270. The molecular weight excluding hydrogens is 458 g/mol. The van der Waals surface area contributed by atoms with Crippen molar-refractivity contribution in [1.82, 2.24) is 14.9 Å². The van der Waals surface area contributed by atoms with Gasteiger partial charge in [0, 0.05) is 17.1 Å². The van der Waals surface area contributed by atoms with Gasteiger partial charge in [-0.2, -0.15) is 0 Å². The van der Waals surface area contributed by atoms with Crippen LogP contribution in [-0.4, -0.2) is 22.1 Å². The molecule has 1 N–H and O–H groups in total. The van der Waals surface area contributed by atoms with Crippen LogP contribution in [0.15, 0.2) is 72.8 Å². The number of aryl methyl sites for hydroxylation is 1. The van der Waals surface area contributed by atoms with E-state index in [0.717, 1.165) is 42.0 Å². The van der Waals surface area contributed by atoms with Gasteiger partial charge in [-0.25, -0.2) is 4.98 Å². The standard InChI is InChI=1S/C29H32ClN3O2/c1-29(2,3)22-12-16-24(17-13-22)35-19-7-6-18-33-26-9-5-4-8-25(26)32-27(33)20-31-28(34)21-10-14-23(30)15-11-21/h4-5,8-17H,6-7,18-20H2,1-3H3,(H,31,34). The maximum Gasteiger partial charge on any atom is 0.251 e. The maximum absolute atomic E-state index is 12.6. The molecule has 4 aromatic rings. The highest BCUT2D eigenvalue weighted by atomic mass is 35.5. The van der Waals surface area contributed by atoms with E-state index in [1.807, 2.05) is 30.3 Å². The van der Waals surface area contributed by atoms with E-state index >= 15 is 0 Å². The van der Waals surface area contributed by atoms with E-state index in [0.29, 0.717) is 23.7 Å². The van der Waals surface area contributed by atoms with Gasteiger partial charge in [-0.1, -0.05) is 56.6 Å². The van der Waals surface area contributed by atoms with Gasteiger partial charge in [-0.3, -0.25) is 4.79 Å². The number of rotatable bonds is 9. The molecule has 0 aliphatic carbocycles. The summed E-state index contributed by atoms with van der Waals surface area (Å²) in [4.78, 5) is 17.3. The van der Waals surface area contributed by atoms with Crippen LogP contribution in [-0.2, 0) is 18.5 Å². The Labute approximate surface area is 212 Å². The number of carbonyl (C=O) groups is 1. The Balaban J connectivity index is 1.34. The van der Waals surface area contributed by atoms with Crippen LogP contribution >= 0.6 is 11.6 Å². The molecule has 0 unspecified atom stereocenters. The number of amides is 1. The average Bonchev–Trinajstić information content (AvgIpc) is 3.20. The first-order valence-corrected chi connectivity index (χ1v) is 12.4. The summed E-state index contributed by atoms with van der Waals surface area (Å²) in [5.41, 5.74) is 4.01. The number of aromatic nitrogens is 2. The first-order valence-electron chi connectivity index (χ1n) is 12.0. The molecule has 0 saturated carbocycles. The molecule has 182 valence electrons. The van der Waals surface area contributed by atoms with Gasteiger partial charge in [-0.15, -0.1) is 0 Å². The number of hydrogen-bond donors (Lipinski definition) is 1. The van der Waals surface area contributed by atoms with Gasteiger partial charge in [0.25, 0.3) is 5.91 Å². The lowest BCUT2D eigenvalue weighted by atomic mass is 9.87. The summed E-state index contributed by atoms with van der Waals surface area (Å²) in [5, 5.41) is 3.59. The zero-order valence-electron chi connectivity index (χ0n) is 20.6. The summed E-state index contributed by atoms with van der Waals surface area (Å²) in [5.74, 6) is 1.59. The van der Waals surface area contributed by atoms with Crippen LogP contribution in [0, 0.1) is 0 Å². The summed E-state index contributed by atoms with van der Waals surface area (Å²) in [6.45, 7) is 8.44. The van der Waals surface area contributed by atoms with Crippen LogP contribution in [0.5, 0.6) is 5.75 Å². The lowest BCUT2D eigenvalue weighted by Gasteiger charge is -2.19. The average molecular weight is 490 g/mol. The fourth-order valence-corrected chi connectivity index (χ4v) is 4.11. The molecule has 4 rings (SSSR count). The molecule has 5 nitrogen and oxygen atoms in total. The molecule has 0 fully saturated rings. The SMILES string of the molecule is CC(C)(C)c1ccc(OCCCCn2c(CNC(=O)c3ccc(Cl)cc3)nc3ccccc32)cc1. The number of imidazole rings is 1. The highest BCUT2D eigenvalue weighted by molar-refractivity contribution is 6.30. The summed E-state index contributed by atoms with van der Waals surface area (Å²) in [6, 6.07) is 23.3. The minimum atomic E-state index is -0.147. The summed E-state index contributed by atoms with van der Waals surface area (Å²) >= 11 is 5.93. The van der Waals surface area contributed by atoms with Gasteiger partial charge in [0.2, 0.25) is 0 Å². The predicted octanol–water partition coefficient (Wildman–Crippen LogP) is 6.78. The number of fused-ring (bicyclic) bond motifs is 1. The second-order valence-electron chi connectivity index (χ2n) is 9.69. The molecule has 0 aliphatic rings. The molecule has 0 atom stereocenters. The lowest BCUT2D eigenvalue weighted by Crippen LogP contribution is -2.24. The number of nitrogens with one attached hydrogen (secondary N) is 1. The Hall–Kier alpha value is -3.31. The minimum absolute atomic E-state index is 0.137. The first kappa shape index (κ1) is 24.8. The van der Waals surface area contributed by atoms with E-state index < -0.39 is 0 Å². The zero-order chi connectivity index (χ0) is 24.8. The number of carbonyl (C=O) groups excluding carboxylic acids is 1. The molecule has 0 radical (unpaired) electrons. The minimum Gasteiger partial charge on any atom is -0.494 e. The molecule has 3 aromatic carbocycles. The third-order valence-corrected chi connectivity index (χ3v) is 6.26. The summed E-state index contributed by atoms with van der Waals surface area (Å²) < 4.78 is 8.15. The van der Waals surface area contributed by atoms with E-state index in [1.54, 1.807) is 24.3 Å². The highest BCUT2D eigenvalue weighted by Crippen LogP contribution is 2.24. The Kier molecular flexibility index (Phi) is 7.76. The van der Waals surface area contributed by atoms with E-state index in [1.165, 1.54) is 5.56 Å². The topological polar surface area (TPSA) is 56.1 Å². The van der Waals surface area contributed by atoms with Crippen molar-refractivity contribution >= 4 is 28.5 Å². The quantitative estimate of drug-likeness (QED) is 0.264. The first-order chi connectivity index (χ1) is 16.8. The summed E-state index contributed by atoms with van der Waals surface area (Å²) in [7, 11) is 0. The molecule has 6 heteroatoms. The van der Waals surface area contributed by atoms with Crippen molar-refractivity contribution < 1.29 is 9.53 Å². The normalized spacial score (nSPS) is 11.5. The number of halogens is 1. The van der Waals surface area contributed by atoms with E-state index in [9.17, 15) is 4.79 Å². The number of hydrogen-bond acceptors (Lipinski definition) is 3. The summed E-state index contributed by atoms with van der Waals surface area (Å²) in [6.07, 6.45) is 1.86. The van der Waals surface area contributed by atoms with E-state index in [2.05, 4.69) is 48.9 Å². The van der Waals surface area contributed by atoms with Gasteiger partial charge in [-0.05, 0) is 72.4 Å². The number of nitrogens with zero attached hydrogens (tertiary/aromatic N) is 2. The van der Waals surface area contributed by atoms with Crippen molar-refractivity contribution in [3.63, 3.8) is 0 Å². The molecular formula is C29H32ClN3O2. The van der Waals surface area contributed by atoms with Gasteiger partial charge < -0.3 is 14.6 Å². The molecule has 0 aliphatic heterocycles. The zero-order valence-corrected chi connectivity index (χ0v) is 21.3. The van der Waals surface area contributed by atoms with E-state index in [4.69, 9.17) is 21.3 Å². The second kappa shape index (κ2) is 11.0. The third-order valence-electron chi connectivity index (χ3n) is 6.01. The molecule has 0 bridgehead atoms. The Morgan fingerprint density at radius 1 is 0.971 bits per heavy atom. The molecule has 1 amide bonds. The van der Waals surface area contributed by atoms with Crippen LogP contribution in [0.1, 0.15) is 55.4 Å². The van der Waals surface area contributed by atoms with E-state index in [-0.39, 0.29) is 11.3 Å². The predicted molar refractivity (Wildman–Crippen MR) is 142 cm³/mol. The van der Waals surface area contributed by atoms with Crippen LogP contribution in [0.2, 0.25) is 5.02 Å². The van der Waals surface area contributed by atoms with Crippen molar-refractivity contribution in [3.8, 4) is 5.75 Å². The van der Waals surface area contributed by atoms with Crippen LogP contribution in [0.4, 0.5) is 0 Å². The molecule has 1 aromatic heterocycles. The highest BCUT2D eigenvalue weighted by Gasteiger charge is 2.14. The van der Waals surface area contributed by atoms with Crippen LogP contribution < -0.4 is 10.1 Å². The smallest absolute Gasteiger partial charge is 0.251 e. The molecule has 1 heterocycles. The van der Waals surface area contributed by atoms with Gasteiger partial charge in [0.15, 0.2) is 0 Å². The molecule has 0 spiro atoms. The Morgan fingerprint density at radius 2 is 1.69 bits per heavy atom. The molecule has 35 heavy (non-hydrogen) atoms. The number of benzene rings is 3. The third kappa shape index (κ3) is 6.43. The van der Waals surface area contributed by atoms with Gasteiger partial charge in [0.1, 0.15) is 11.6 Å². The number of para-hydroxylation sites is 2. The monoisotopic (exact) mass is 489 g/mol. The van der Waals surface area contributed by atoms with Crippen molar-refractivity contribution in [2.75, 3.05) is 6.61 Å². The number of ether oxygens (including phenoxy) is 1. The van der Waals surface area contributed by atoms with Crippen molar-refractivity contribution in [3.05, 3.63) is 94.8 Å². The van der Waals surface area contributed by atoms with Crippen LogP contribution in [0.3, 0.4) is 0 Å². The fourth-order valence-electron chi connectivity index (χ4n) is 3.99. The lowest BCUT2D eigenvalue weighted by molar-refractivity contribution is 0.0949. The van der Waals surface area contributed by atoms with Crippen molar-refractivity contribution in [2.45, 2.75) is 52.1 Å². The second-order valence-corrected chi connectivity index (χ2v) is 10.1. The largest absolute Gasteiger partial charge is 0.494 e. The van der Waals surface area contributed by atoms with Crippen LogP contribution in [0.25, 0.3) is 11.0 Å². The fraction of sp³-hybridized carbons (Fsp3) is 0.310. The Morgan fingerprint density at radius 3 is 2.40 bits per heavy atom.